The van der Waals surface area contributed by atoms with Crippen LogP contribution in [0.5, 0.6) is 0 Å². The number of benzene rings is 1. The summed E-state index contributed by atoms with van der Waals surface area (Å²) in [5.41, 5.74) is -0.824. The summed E-state index contributed by atoms with van der Waals surface area (Å²) in [7, 11) is -3.84. The van der Waals surface area contributed by atoms with Crippen molar-refractivity contribution in [1.29, 1.82) is 0 Å². The molecule has 0 heterocycles. The summed E-state index contributed by atoms with van der Waals surface area (Å²) in [6.45, 7) is 5.81. The Morgan fingerprint density at radius 1 is 1.38 bits per heavy atom. The minimum Gasteiger partial charge on any atom is -0.375 e. The molecule has 1 aromatic carbocycles. The summed E-state index contributed by atoms with van der Waals surface area (Å²) in [4.78, 5) is 9.81. The Balaban J connectivity index is 2.79. The van der Waals surface area contributed by atoms with Crippen LogP contribution >= 0.6 is 11.6 Å². The molecule has 0 aliphatic rings. The third kappa shape index (κ3) is 5.58. The van der Waals surface area contributed by atoms with Gasteiger partial charge in [0.05, 0.1) is 22.0 Å². The molecule has 0 radical (unpaired) electrons. The summed E-state index contributed by atoms with van der Waals surface area (Å²) in [6, 6.07) is 3.32. The van der Waals surface area contributed by atoms with Crippen LogP contribution in [-0.4, -0.2) is 32.1 Å². The lowest BCUT2D eigenvalue weighted by Crippen LogP contribution is -2.30. The first-order valence-corrected chi connectivity index (χ1v) is 7.96. The van der Waals surface area contributed by atoms with Gasteiger partial charge in [-0.05, 0) is 32.9 Å². The molecule has 118 valence electrons. The Labute approximate surface area is 128 Å². The quantitative estimate of drug-likeness (QED) is 0.488. The fraction of sp³-hybridized carbons (Fsp3) is 0.500. The van der Waals surface area contributed by atoms with E-state index in [1.165, 1.54) is 12.1 Å². The Morgan fingerprint density at radius 2 is 2.00 bits per heavy atom. The molecule has 0 fully saturated rings. The summed E-state index contributed by atoms with van der Waals surface area (Å²) in [5, 5.41) is 10.6. The van der Waals surface area contributed by atoms with Crippen molar-refractivity contribution in [1.82, 2.24) is 4.72 Å². The van der Waals surface area contributed by atoms with E-state index in [0.717, 1.165) is 6.07 Å². The molecule has 21 heavy (non-hydrogen) atoms. The van der Waals surface area contributed by atoms with Crippen LogP contribution in [0.25, 0.3) is 0 Å². The lowest BCUT2D eigenvalue weighted by atomic mass is 10.2. The zero-order valence-corrected chi connectivity index (χ0v) is 13.5. The predicted molar refractivity (Wildman–Crippen MR) is 79.0 cm³/mol. The van der Waals surface area contributed by atoms with E-state index in [0.29, 0.717) is 0 Å². The maximum Gasteiger partial charge on any atom is 0.289 e. The highest BCUT2D eigenvalue weighted by molar-refractivity contribution is 7.89. The van der Waals surface area contributed by atoms with Crippen molar-refractivity contribution in [3.8, 4) is 0 Å². The van der Waals surface area contributed by atoms with Crippen LogP contribution in [0.2, 0.25) is 5.02 Å². The van der Waals surface area contributed by atoms with Crippen LogP contribution in [0.1, 0.15) is 20.8 Å². The highest BCUT2D eigenvalue weighted by Crippen LogP contribution is 2.26. The van der Waals surface area contributed by atoms with Crippen LogP contribution in [0.3, 0.4) is 0 Å². The SMILES string of the molecule is CC(C)(C)OCCNS(=O)(=O)c1ccc(Cl)c([N+](=O)[O-])c1. The fourth-order valence-electron chi connectivity index (χ4n) is 1.42. The number of nitro groups is 1. The van der Waals surface area contributed by atoms with E-state index in [4.69, 9.17) is 16.3 Å². The number of hydrogen-bond acceptors (Lipinski definition) is 5. The monoisotopic (exact) mass is 336 g/mol. The smallest absolute Gasteiger partial charge is 0.289 e. The first-order valence-electron chi connectivity index (χ1n) is 6.10. The molecular formula is C12H17ClN2O5S. The van der Waals surface area contributed by atoms with Gasteiger partial charge in [-0.15, -0.1) is 0 Å². The number of ether oxygens (including phenoxy) is 1. The molecular weight excluding hydrogens is 320 g/mol. The molecule has 0 atom stereocenters. The van der Waals surface area contributed by atoms with Gasteiger partial charge in [-0.3, -0.25) is 10.1 Å². The molecule has 0 spiro atoms. The van der Waals surface area contributed by atoms with Crippen molar-refractivity contribution < 1.29 is 18.1 Å². The number of nitro benzene ring substituents is 1. The van der Waals surface area contributed by atoms with Crippen LogP contribution in [0, 0.1) is 10.1 Å². The number of sulfonamides is 1. The van der Waals surface area contributed by atoms with Gasteiger partial charge in [-0.25, -0.2) is 13.1 Å². The zero-order chi connectivity index (χ0) is 16.3. The van der Waals surface area contributed by atoms with Crippen molar-refractivity contribution >= 4 is 27.3 Å². The van der Waals surface area contributed by atoms with Crippen molar-refractivity contribution in [2.45, 2.75) is 31.3 Å². The molecule has 0 amide bonds. The van der Waals surface area contributed by atoms with Gasteiger partial charge in [0.2, 0.25) is 10.0 Å². The van der Waals surface area contributed by atoms with Crippen molar-refractivity contribution in [3.63, 3.8) is 0 Å². The van der Waals surface area contributed by atoms with Gasteiger partial charge in [-0.2, -0.15) is 0 Å². The zero-order valence-electron chi connectivity index (χ0n) is 11.9. The van der Waals surface area contributed by atoms with Gasteiger partial charge in [-0.1, -0.05) is 11.6 Å². The normalized spacial score (nSPS) is 12.4. The van der Waals surface area contributed by atoms with E-state index in [1.807, 2.05) is 20.8 Å². The molecule has 0 saturated carbocycles. The molecule has 9 heteroatoms. The first-order chi connectivity index (χ1) is 9.53. The third-order valence-corrected chi connectivity index (χ3v) is 4.13. The van der Waals surface area contributed by atoms with Gasteiger partial charge in [0.1, 0.15) is 5.02 Å². The molecule has 0 aliphatic carbocycles. The molecule has 1 rings (SSSR count). The molecule has 1 aromatic rings. The number of nitrogens with zero attached hydrogens (tertiary/aromatic N) is 1. The highest BCUT2D eigenvalue weighted by atomic mass is 35.5. The molecule has 0 bridgehead atoms. The Bertz CT molecular complexity index is 625. The molecule has 0 unspecified atom stereocenters. The summed E-state index contributed by atoms with van der Waals surface area (Å²) < 4.78 is 31.7. The molecule has 0 saturated heterocycles. The lowest BCUT2D eigenvalue weighted by molar-refractivity contribution is -0.384. The average Bonchev–Trinajstić information content (AvgIpc) is 2.33. The van der Waals surface area contributed by atoms with Gasteiger partial charge < -0.3 is 4.74 Å². The van der Waals surface area contributed by atoms with Gasteiger partial charge in [0.25, 0.3) is 5.69 Å². The Kier molecular flexibility index (Phi) is 5.68. The van der Waals surface area contributed by atoms with Crippen molar-refractivity contribution in [2.24, 2.45) is 0 Å². The number of halogens is 1. The third-order valence-electron chi connectivity index (χ3n) is 2.35. The number of rotatable bonds is 6. The Morgan fingerprint density at radius 3 is 2.52 bits per heavy atom. The van der Waals surface area contributed by atoms with E-state index in [9.17, 15) is 18.5 Å². The topological polar surface area (TPSA) is 98.5 Å². The van der Waals surface area contributed by atoms with Gasteiger partial charge in [0, 0.05) is 12.6 Å². The van der Waals surface area contributed by atoms with Crippen LogP contribution in [0.4, 0.5) is 5.69 Å². The molecule has 0 aliphatic heterocycles. The van der Waals surface area contributed by atoms with E-state index < -0.39 is 20.6 Å². The largest absolute Gasteiger partial charge is 0.375 e. The number of nitrogens with one attached hydrogen (secondary N) is 1. The Hall–Kier alpha value is -1.22. The van der Waals surface area contributed by atoms with Crippen LogP contribution < -0.4 is 4.72 Å². The average molecular weight is 337 g/mol. The van der Waals surface area contributed by atoms with E-state index in [1.54, 1.807) is 0 Å². The fourth-order valence-corrected chi connectivity index (χ4v) is 2.64. The summed E-state index contributed by atoms with van der Waals surface area (Å²) in [6.07, 6.45) is 0. The maximum atomic E-state index is 12.0. The van der Waals surface area contributed by atoms with Gasteiger partial charge in [0.15, 0.2) is 0 Å². The first kappa shape index (κ1) is 17.8. The minimum absolute atomic E-state index is 0.0655. The maximum absolute atomic E-state index is 12.0. The molecule has 0 aromatic heterocycles. The van der Waals surface area contributed by atoms with Crippen molar-refractivity contribution in [2.75, 3.05) is 13.2 Å². The highest BCUT2D eigenvalue weighted by Gasteiger charge is 2.20. The van der Waals surface area contributed by atoms with E-state index >= 15 is 0 Å². The predicted octanol–water partition coefficient (Wildman–Crippen LogP) is 2.34. The van der Waals surface area contributed by atoms with Gasteiger partial charge >= 0.3 is 0 Å². The molecule has 1 N–H and O–H groups in total. The van der Waals surface area contributed by atoms with E-state index in [-0.39, 0.29) is 28.7 Å². The van der Waals surface area contributed by atoms with Crippen LogP contribution in [0.15, 0.2) is 23.1 Å². The summed E-state index contributed by atoms with van der Waals surface area (Å²) >= 11 is 5.64. The lowest BCUT2D eigenvalue weighted by Gasteiger charge is -2.19. The summed E-state index contributed by atoms with van der Waals surface area (Å²) in [5.74, 6) is 0. The second kappa shape index (κ2) is 6.69. The van der Waals surface area contributed by atoms with Crippen molar-refractivity contribution in [3.05, 3.63) is 33.3 Å². The number of hydrogen-bond donors (Lipinski definition) is 1. The molecule has 7 nitrogen and oxygen atoms in total. The second-order valence-corrected chi connectivity index (χ2v) is 7.40. The van der Waals surface area contributed by atoms with Crippen LogP contribution in [-0.2, 0) is 14.8 Å². The standard InChI is InChI=1S/C12H17ClN2O5S/c1-12(2,3)20-7-6-14-21(18,19)9-4-5-10(13)11(8-9)15(16)17/h4-5,8,14H,6-7H2,1-3H3. The van der Waals surface area contributed by atoms with E-state index in [2.05, 4.69) is 4.72 Å². The second-order valence-electron chi connectivity index (χ2n) is 5.23. The minimum atomic E-state index is -3.84.